The van der Waals surface area contributed by atoms with Crippen molar-refractivity contribution in [1.82, 2.24) is 14.5 Å². The molecule has 1 aliphatic carbocycles. The summed E-state index contributed by atoms with van der Waals surface area (Å²) in [4.78, 5) is 34.7. The largest absolute Gasteiger partial charge is 0.378 e. The number of ether oxygens (including phenoxy) is 1. The van der Waals surface area contributed by atoms with Gasteiger partial charge < -0.3 is 9.64 Å². The molecule has 0 unspecified atom stereocenters. The standard InChI is InChI=1S/C20H27N3O3S2/c1-2-3-4-8-23-19(25)17-14-6-5-7-15(14)28-18(17)21-20(23)27-13-16(24)22-9-11-26-12-10-22/h2-13H2,1H3. The van der Waals surface area contributed by atoms with Crippen LogP contribution in [0.5, 0.6) is 0 Å². The van der Waals surface area contributed by atoms with E-state index in [4.69, 9.17) is 9.72 Å². The average Bonchev–Trinajstić information content (AvgIpc) is 3.29. The highest BCUT2D eigenvalue weighted by atomic mass is 32.2. The lowest BCUT2D eigenvalue weighted by Gasteiger charge is -2.26. The Balaban J connectivity index is 1.60. The molecule has 2 aliphatic rings. The zero-order valence-corrected chi connectivity index (χ0v) is 18.0. The van der Waals surface area contributed by atoms with Gasteiger partial charge in [-0.25, -0.2) is 4.98 Å². The number of nitrogens with zero attached hydrogens (tertiary/aromatic N) is 3. The molecule has 0 radical (unpaired) electrons. The summed E-state index contributed by atoms with van der Waals surface area (Å²) in [6, 6.07) is 0. The Bertz CT molecular complexity index is 916. The first-order valence-electron chi connectivity index (χ1n) is 10.2. The maximum absolute atomic E-state index is 13.3. The first kappa shape index (κ1) is 19.9. The lowest BCUT2D eigenvalue weighted by atomic mass is 10.2. The molecular weight excluding hydrogens is 394 g/mol. The molecule has 1 fully saturated rings. The second-order valence-corrected chi connectivity index (χ2v) is 9.40. The van der Waals surface area contributed by atoms with E-state index >= 15 is 0 Å². The minimum Gasteiger partial charge on any atom is -0.378 e. The predicted octanol–water partition coefficient (Wildman–Crippen LogP) is 3.09. The third-order valence-electron chi connectivity index (χ3n) is 5.46. The zero-order chi connectivity index (χ0) is 19.5. The molecule has 8 heteroatoms. The SMILES string of the molecule is CCCCCn1c(SCC(=O)N2CCOCC2)nc2sc3c(c2c1=O)CCC3. The van der Waals surface area contributed by atoms with Crippen molar-refractivity contribution >= 4 is 39.2 Å². The van der Waals surface area contributed by atoms with Crippen molar-refractivity contribution in [3.63, 3.8) is 0 Å². The van der Waals surface area contributed by atoms with Crippen molar-refractivity contribution in [2.24, 2.45) is 0 Å². The molecule has 0 atom stereocenters. The predicted molar refractivity (Wildman–Crippen MR) is 114 cm³/mol. The number of thiophene rings is 1. The van der Waals surface area contributed by atoms with Crippen LogP contribution in [0.15, 0.2) is 9.95 Å². The van der Waals surface area contributed by atoms with E-state index in [9.17, 15) is 9.59 Å². The van der Waals surface area contributed by atoms with Crippen LogP contribution in [0, 0.1) is 0 Å². The smallest absolute Gasteiger partial charge is 0.263 e. The highest BCUT2D eigenvalue weighted by Gasteiger charge is 2.24. The second kappa shape index (κ2) is 8.97. The lowest BCUT2D eigenvalue weighted by molar-refractivity contribution is -0.132. The van der Waals surface area contributed by atoms with Crippen molar-refractivity contribution < 1.29 is 9.53 Å². The van der Waals surface area contributed by atoms with E-state index in [1.54, 1.807) is 11.3 Å². The average molecular weight is 422 g/mol. The number of fused-ring (bicyclic) bond motifs is 3. The monoisotopic (exact) mass is 421 g/mol. The van der Waals surface area contributed by atoms with Crippen molar-refractivity contribution in [3.8, 4) is 0 Å². The Morgan fingerprint density at radius 3 is 2.86 bits per heavy atom. The minimum atomic E-state index is 0.0850. The molecule has 1 saturated heterocycles. The summed E-state index contributed by atoms with van der Waals surface area (Å²) in [5.41, 5.74) is 1.31. The number of thioether (sulfide) groups is 1. The quantitative estimate of drug-likeness (QED) is 0.391. The third kappa shape index (κ3) is 4.00. The number of carbonyl (C=O) groups is 1. The van der Waals surface area contributed by atoms with Gasteiger partial charge in [-0.15, -0.1) is 11.3 Å². The molecule has 0 N–H and O–H groups in total. The normalized spacial score (nSPS) is 16.7. The van der Waals surface area contributed by atoms with Gasteiger partial charge in [-0.3, -0.25) is 14.2 Å². The Hall–Kier alpha value is -1.38. The molecule has 4 rings (SSSR count). The minimum absolute atomic E-state index is 0.0850. The molecule has 0 bridgehead atoms. The zero-order valence-electron chi connectivity index (χ0n) is 16.4. The van der Waals surface area contributed by atoms with Crippen LogP contribution in [0.1, 0.15) is 43.0 Å². The number of amides is 1. The molecular formula is C20H27N3O3S2. The van der Waals surface area contributed by atoms with E-state index in [0.717, 1.165) is 48.7 Å². The molecule has 1 aliphatic heterocycles. The van der Waals surface area contributed by atoms with E-state index < -0.39 is 0 Å². The van der Waals surface area contributed by atoms with Crippen molar-refractivity contribution in [2.45, 2.75) is 57.1 Å². The number of hydrogen-bond acceptors (Lipinski definition) is 6. The van der Waals surface area contributed by atoms with Gasteiger partial charge in [0.15, 0.2) is 5.16 Å². The van der Waals surface area contributed by atoms with Gasteiger partial charge in [-0.05, 0) is 31.2 Å². The second-order valence-electron chi connectivity index (χ2n) is 7.38. The number of morpholine rings is 1. The summed E-state index contributed by atoms with van der Waals surface area (Å²) in [7, 11) is 0. The number of aryl methyl sites for hydroxylation is 2. The van der Waals surface area contributed by atoms with Gasteiger partial charge in [-0.1, -0.05) is 31.5 Å². The summed E-state index contributed by atoms with van der Waals surface area (Å²) in [5.74, 6) is 0.410. The maximum atomic E-state index is 13.3. The number of rotatable bonds is 7. The van der Waals surface area contributed by atoms with Gasteiger partial charge in [-0.2, -0.15) is 0 Å². The molecule has 0 spiro atoms. The Kier molecular flexibility index (Phi) is 6.38. The third-order valence-corrected chi connectivity index (χ3v) is 7.61. The van der Waals surface area contributed by atoms with Crippen molar-refractivity contribution in [2.75, 3.05) is 32.1 Å². The summed E-state index contributed by atoms with van der Waals surface area (Å²) in [6.45, 7) is 5.33. The lowest BCUT2D eigenvalue weighted by Crippen LogP contribution is -2.41. The maximum Gasteiger partial charge on any atom is 0.263 e. The van der Waals surface area contributed by atoms with Crippen LogP contribution < -0.4 is 5.56 Å². The van der Waals surface area contributed by atoms with Crippen LogP contribution in [0.3, 0.4) is 0 Å². The van der Waals surface area contributed by atoms with Crippen LogP contribution in [0.2, 0.25) is 0 Å². The highest BCUT2D eigenvalue weighted by Crippen LogP contribution is 2.35. The van der Waals surface area contributed by atoms with Gasteiger partial charge >= 0.3 is 0 Å². The fourth-order valence-electron chi connectivity index (χ4n) is 3.92. The molecule has 2 aromatic heterocycles. The van der Waals surface area contributed by atoms with Gasteiger partial charge in [0.05, 0.1) is 24.4 Å². The van der Waals surface area contributed by atoms with E-state index in [-0.39, 0.29) is 11.5 Å². The summed E-state index contributed by atoms with van der Waals surface area (Å²) in [6.07, 6.45) is 6.34. The highest BCUT2D eigenvalue weighted by molar-refractivity contribution is 7.99. The Morgan fingerprint density at radius 1 is 1.25 bits per heavy atom. The number of unbranched alkanes of at least 4 members (excludes halogenated alkanes) is 2. The van der Waals surface area contributed by atoms with Crippen LogP contribution in [-0.4, -0.2) is 52.4 Å². The molecule has 2 aromatic rings. The number of aromatic nitrogens is 2. The summed E-state index contributed by atoms with van der Waals surface area (Å²) < 4.78 is 7.14. The van der Waals surface area contributed by atoms with E-state index in [1.807, 2.05) is 9.47 Å². The fourth-order valence-corrected chi connectivity index (χ4v) is 6.15. The van der Waals surface area contributed by atoms with Crippen LogP contribution in [0.4, 0.5) is 0 Å². The fraction of sp³-hybridized carbons (Fsp3) is 0.650. The first-order valence-corrected chi connectivity index (χ1v) is 12.0. The molecule has 1 amide bonds. The van der Waals surface area contributed by atoms with Crippen LogP contribution in [0.25, 0.3) is 10.2 Å². The number of carbonyl (C=O) groups excluding carboxylic acids is 1. The van der Waals surface area contributed by atoms with Crippen molar-refractivity contribution in [3.05, 3.63) is 20.8 Å². The number of hydrogen-bond donors (Lipinski definition) is 0. The summed E-state index contributed by atoms with van der Waals surface area (Å²) in [5, 5.41) is 1.52. The van der Waals surface area contributed by atoms with Crippen LogP contribution in [-0.2, 0) is 28.9 Å². The molecule has 0 aromatic carbocycles. The first-order chi connectivity index (χ1) is 13.7. The molecule has 6 nitrogen and oxygen atoms in total. The van der Waals surface area contributed by atoms with Gasteiger partial charge in [0.25, 0.3) is 5.56 Å². The van der Waals surface area contributed by atoms with E-state index in [1.165, 1.54) is 22.2 Å². The van der Waals surface area contributed by atoms with Crippen molar-refractivity contribution in [1.29, 1.82) is 0 Å². The van der Waals surface area contributed by atoms with Gasteiger partial charge in [0.1, 0.15) is 4.83 Å². The summed E-state index contributed by atoms with van der Waals surface area (Å²) >= 11 is 3.07. The van der Waals surface area contributed by atoms with Gasteiger partial charge in [0, 0.05) is 24.5 Å². The van der Waals surface area contributed by atoms with E-state index in [2.05, 4.69) is 6.92 Å². The molecule has 28 heavy (non-hydrogen) atoms. The molecule has 152 valence electrons. The Labute approximate surface area is 173 Å². The topological polar surface area (TPSA) is 64.4 Å². The Morgan fingerprint density at radius 2 is 2.07 bits per heavy atom. The van der Waals surface area contributed by atoms with Crippen LogP contribution >= 0.6 is 23.1 Å². The van der Waals surface area contributed by atoms with Gasteiger partial charge in [0.2, 0.25) is 5.91 Å². The van der Waals surface area contributed by atoms with E-state index in [0.29, 0.717) is 43.8 Å². The molecule has 3 heterocycles. The molecule has 0 saturated carbocycles.